The molecule has 1 heterocycles. The maximum atomic E-state index is 8.81. The second-order valence-electron chi connectivity index (χ2n) is 2.81. The van der Waals surface area contributed by atoms with Crippen molar-refractivity contribution in [2.45, 2.75) is 0 Å². The van der Waals surface area contributed by atoms with Gasteiger partial charge in [-0.1, -0.05) is 18.2 Å². The number of rotatable bonds is 2. The Balaban J connectivity index is 2.34. The summed E-state index contributed by atoms with van der Waals surface area (Å²) in [5.41, 5.74) is 0.850. The Morgan fingerprint density at radius 2 is 1.86 bits per heavy atom. The first-order chi connectivity index (χ1) is 6.77. The Morgan fingerprint density at radius 3 is 2.43 bits per heavy atom. The molecule has 0 aliphatic heterocycles. The predicted molar refractivity (Wildman–Crippen MR) is 51.8 cm³/mol. The lowest BCUT2D eigenvalue weighted by Gasteiger charge is -1.93. The molecule has 0 atom stereocenters. The highest BCUT2D eigenvalue weighted by molar-refractivity contribution is 6.56. The van der Waals surface area contributed by atoms with Crippen molar-refractivity contribution in [1.29, 1.82) is 0 Å². The third kappa shape index (κ3) is 1.68. The lowest BCUT2D eigenvalue weighted by Crippen LogP contribution is -2.28. The summed E-state index contributed by atoms with van der Waals surface area (Å²) in [6.45, 7) is 0. The zero-order valence-electron chi connectivity index (χ0n) is 7.29. The highest BCUT2D eigenvalue weighted by atomic mass is 16.4. The van der Waals surface area contributed by atoms with Gasteiger partial charge in [0.2, 0.25) is 5.89 Å². The van der Waals surface area contributed by atoms with E-state index >= 15 is 0 Å². The molecule has 2 rings (SSSR count). The second-order valence-corrected chi connectivity index (χ2v) is 2.81. The number of benzene rings is 1. The summed E-state index contributed by atoms with van der Waals surface area (Å²) in [5, 5.41) is 17.6. The molecule has 4 nitrogen and oxygen atoms in total. The van der Waals surface area contributed by atoms with E-state index in [1.54, 1.807) is 0 Å². The number of hydrogen-bond acceptors (Lipinski definition) is 4. The molecule has 0 saturated heterocycles. The van der Waals surface area contributed by atoms with Gasteiger partial charge in [-0.25, -0.2) is 4.98 Å². The number of nitrogens with zero attached hydrogens (tertiary/aromatic N) is 1. The van der Waals surface area contributed by atoms with Crippen molar-refractivity contribution in [3.05, 3.63) is 36.5 Å². The Morgan fingerprint density at radius 1 is 1.14 bits per heavy atom. The van der Waals surface area contributed by atoms with E-state index in [-0.39, 0.29) is 5.66 Å². The van der Waals surface area contributed by atoms with Crippen LogP contribution in [0.15, 0.2) is 40.9 Å². The van der Waals surface area contributed by atoms with Gasteiger partial charge < -0.3 is 14.5 Å². The summed E-state index contributed by atoms with van der Waals surface area (Å²) >= 11 is 0. The Kier molecular flexibility index (Phi) is 2.34. The third-order valence-electron chi connectivity index (χ3n) is 1.80. The largest absolute Gasteiger partial charge is 0.528 e. The van der Waals surface area contributed by atoms with E-state index in [1.165, 1.54) is 6.20 Å². The van der Waals surface area contributed by atoms with Crippen LogP contribution in [-0.4, -0.2) is 22.2 Å². The fourth-order valence-electron chi connectivity index (χ4n) is 1.12. The molecule has 0 aliphatic rings. The summed E-state index contributed by atoms with van der Waals surface area (Å²) < 4.78 is 5.12. The van der Waals surface area contributed by atoms with E-state index in [9.17, 15) is 0 Å². The molecule has 0 saturated carbocycles. The van der Waals surface area contributed by atoms with Gasteiger partial charge in [-0.2, -0.15) is 0 Å². The average Bonchev–Trinajstić information content (AvgIpc) is 2.68. The van der Waals surface area contributed by atoms with Crippen molar-refractivity contribution in [2.24, 2.45) is 0 Å². The minimum Gasteiger partial charge on any atom is -0.445 e. The molecule has 14 heavy (non-hydrogen) atoms. The molecule has 5 heteroatoms. The highest BCUT2D eigenvalue weighted by Gasteiger charge is 2.17. The van der Waals surface area contributed by atoms with Crippen LogP contribution in [0.1, 0.15) is 0 Å². The number of oxazole rings is 1. The monoisotopic (exact) mass is 189 g/mol. The molecule has 0 radical (unpaired) electrons. The lowest BCUT2D eigenvalue weighted by atomic mass is 9.89. The molecule has 0 aliphatic carbocycles. The van der Waals surface area contributed by atoms with Crippen molar-refractivity contribution >= 4 is 12.8 Å². The number of hydrogen-bond donors (Lipinski definition) is 2. The fourth-order valence-corrected chi connectivity index (χ4v) is 1.12. The summed E-state index contributed by atoms with van der Waals surface area (Å²) in [6.07, 6.45) is 1.30. The van der Waals surface area contributed by atoms with Gasteiger partial charge in [0, 0.05) is 5.56 Å². The molecule has 2 aromatic rings. The van der Waals surface area contributed by atoms with Gasteiger partial charge in [0.15, 0.2) is 5.66 Å². The molecule has 0 spiro atoms. The summed E-state index contributed by atoms with van der Waals surface area (Å²) in [6, 6.07) is 9.26. The van der Waals surface area contributed by atoms with Crippen molar-refractivity contribution in [3.8, 4) is 11.5 Å². The normalized spacial score (nSPS) is 10.1. The second kappa shape index (κ2) is 3.65. The van der Waals surface area contributed by atoms with E-state index in [0.29, 0.717) is 5.89 Å². The minimum atomic E-state index is -1.61. The topological polar surface area (TPSA) is 66.5 Å². The van der Waals surface area contributed by atoms with Crippen LogP contribution < -0.4 is 5.66 Å². The van der Waals surface area contributed by atoms with E-state index in [1.807, 2.05) is 30.3 Å². The zero-order chi connectivity index (χ0) is 9.97. The molecular weight excluding hydrogens is 181 g/mol. The van der Waals surface area contributed by atoms with Crippen LogP contribution in [0, 0.1) is 0 Å². The summed E-state index contributed by atoms with van der Waals surface area (Å²) in [4.78, 5) is 3.92. The standard InChI is InChI=1S/C9H8BNO3/c12-10(13)8-6-11-9(14-8)7-4-2-1-3-5-7/h1-6,12-13H. The molecule has 1 aromatic heterocycles. The molecule has 0 fully saturated rings. The van der Waals surface area contributed by atoms with E-state index < -0.39 is 7.12 Å². The molecular formula is C9H8BNO3. The van der Waals surface area contributed by atoms with Crippen LogP contribution in [0.4, 0.5) is 0 Å². The molecule has 0 unspecified atom stereocenters. The van der Waals surface area contributed by atoms with E-state index in [2.05, 4.69) is 4.98 Å². The van der Waals surface area contributed by atoms with E-state index in [0.717, 1.165) is 5.56 Å². The molecule has 0 bridgehead atoms. The zero-order valence-corrected chi connectivity index (χ0v) is 7.29. The minimum absolute atomic E-state index is 0.0452. The van der Waals surface area contributed by atoms with Crippen LogP contribution in [0.3, 0.4) is 0 Å². The van der Waals surface area contributed by atoms with Crippen LogP contribution in [-0.2, 0) is 0 Å². The molecule has 2 N–H and O–H groups in total. The Hall–Kier alpha value is -1.59. The number of aromatic nitrogens is 1. The van der Waals surface area contributed by atoms with Crippen LogP contribution in [0.5, 0.6) is 0 Å². The van der Waals surface area contributed by atoms with Gasteiger partial charge >= 0.3 is 7.12 Å². The third-order valence-corrected chi connectivity index (χ3v) is 1.80. The first-order valence-electron chi connectivity index (χ1n) is 4.14. The predicted octanol–water partition coefficient (Wildman–Crippen LogP) is 0.0214. The van der Waals surface area contributed by atoms with Crippen LogP contribution in [0.2, 0.25) is 0 Å². The summed E-state index contributed by atoms with van der Waals surface area (Å²) in [5.74, 6) is 0.383. The lowest BCUT2D eigenvalue weighted by molar-refractivity contribution is 0.410. The van der Waals surface area contributed by atoms with Crippen molar-refractivity contribution in [1.82, 2.24) is 4.98 Å². The first-order valence-corrected chi connectivity index (χ1v) is 4.14. The van der Waals surface area contributed by atoms with Crippen molar-refractivity contribution < 1.29 is 14.5 Å². The van der Waals surface area contributed by atoms with Gasteiger partial charge in [0.25, 0.3) is 0 Å². The van der Waals surface area contributed by atoms with Gasteiger partial charge in [0.1, 0.15) is 0 Å². The fraction of sp³-hybridized carbons (Fsp3) is 0. The molecule has 1 aromatic carbocycles. The van der Waals surface area contributed by atoms with Gasteiger partial charge in [-0.15, -0.1) is 0 Å². The Bertz CT molecular complexity index is 413. The van der Waals surface area contributed by atoms with Crippen molar-refractivity contribution in [2.75, 3.05) is 0 Å². The van der Waals surface area contributed by atoms with Gasteiger partial charge in [-0.05, 0) is 12.1 Å². The molecule has 0 amide bonds. The van der Waals surface area contributed by atoms with Crippen LogP contribution >= 0.6 is 0 Å². The SMILES string of the molecule is OB(O)c1cnc(-c2ccccc2)o1. The maximum absolute atomic E-state index is 8.81. The van der Waals surface area contributed by atoms with Crippen LogP contribution in [0.25, 0.3) is 11.5 Å². The Labute approximate surface area is 81.0 Å². The smallest absolute Gasteiger partial charge is 0.445 e. The maximum Gasteiger partial charge on any atom is 0.528 e. The van der Waals surface area contributed by atoms with E-state index in [4.69, 9.17) is 14.5 Å². The van der Waals surface area contributed by atoms with Gasteiger partial charge in [0.05, 0.1) is 6.20 Å². The summed E-state index contributed by atoms with van der Waals surface area (Å²) in [7, 11) is -1.61. The quantitative estimate of drug-likeness (QED) is 0.653. The molecule has 70 valence electrons. The highest BCUT2D eigenvalue weighted by Crippen LogP contribution is 2.14. The average molecular weight is 189 g/mol. The van der Waals surface area contributed by atoms with Crippen molar-refractivity contribution in [3.63, 3.8) is 0 Å². The first kappa shape index (κ1) is 8.99. The van der Waals surface area contributed by atoms with Gasteiger partial charge in [-0.3, -0.25) is 0 Å².